The lowest BCUT2D eigenvalue weighted by molar-refractivity contribution is -0.142. The predicted octanol–water partition coefficient (Wildman–Crippen LogP) is 3.12. The molecule has 0 aliphatic carbocycles. The maximum atomic E-state index is 13.2. The van der Waals surface area contributed by atoms with Gasteiger partial charge in [0.2, 0.25) is 11.6 Å². The highest BCUT2D eigenvalue weighted by molar-refractivity contribution is 5.84. The molecule has 0 aliphatic heterocycles. The molecule has 2 aromatic rings. The molecule has 0 saturated heterocycles. The molecule has 25 heavy (non-hydrogen) atoms. The number of nitrogens with zero attached hydrogens (tertiary/aromatic N) is 2. The van der Waals surface area contributed by atoms with Gasteiger partial charge < -0.3 is 5.32 Å². The van der Waals surface area contributed by atoms with Gasteiger partial charge in [-0.3, -0.25) is 14.2 Å². The normalized spacial score (nSPS) is 13.1. The Bertz CT molecular complexity index is 872. The SMILES string of the molecule is CCCNC(=O)[C@@H](C)n1c(=O)c(C(F)(F)F)nc2cc(C)c(C)cc21. The van der Waals surface area contributed by atoms with Crippen molar-refractivity contribution in [3.63, 3.8) is 0 Å². The maximum absolute atomic E-state index is 13.2. The fourth-order valence-corrected chi connectivity index (χ4v) is 2.54. The maximum Gasteiger partial charge on any atom is 0.438 e. The first-order valence-corrected chi connectivity index (χ1v) is 7.96. The van der Waals surface area contributed by atoms with Crippen molar-refractivity contribution in [3.8, 4) is 0 Å². The number of hydrogen-bond donors (Lipinski definition) is 1. The van der Waals surface area contributed by atoms with E-state index in [0.717, 1.165) is 15.7 Å². The zero-order chi connectivity index (χ0) is 18.9. The summed E-state index contributed by atoms with van der Waals surface area (Å²) < 4.78 is 40.6. The van der Waals surface area contributed by atoms with Crippen LogP contribution >= 0.6 is 0 Å². The van der Waals surface area contributed by atoms with Crippen molar-refractivity contribution in [1.29, 1.82) is 0 Å². The van der Waals surface area contributed by atoms with Crippen molar-refractivity contribution in [2.24, 2.45) is 0 Å². The summed E-state index contributed by atoms with van der Waals surface area (Å²) in [4.78, 5) is 28.2. The van der Waals surface area contributed by atoms with E-state index in [9.17, 15) is 22.8 Å². The first kappa shape index (κ1) is 19.0. The Morgan fingerprint density at radius 3 is 2.44 bits per heavy atom. The minimum atomic E-state index is -4.90. The number of aromatic nitrogens is 2. The first-order valence-electron chi connectivity index (χ1n) is 7.96. The Hall–Kier alpha value is -2.38. The summed E-state index contributed by atoms with van der Waals surface area (Å²) in [5, 5.41) is 2.61. The van der Waals surface area contributed by atoms with E-state index in [2.05, 4.69) is 10.3 Å². The molecule has 5 nitrogen and oxygen atoms in total. The smallest absolute Gasteiger partial charge is 0.354 e. The van der Waals surface area contributed by atoms with E-state index in [0.29, 0.717) is 13.0 Å². The number of halogens is 3. The van der Waals surface area contributed by atoms with E-state index in [4.69, 9.17) is 0 Å². The van der Waals surface area contributed by atoms with Crippen LogP contribution in [0.25, 0.3) is 11.0 Å². The van der Waals surface area contributed by atoms with Crippen molar-refractivity contribution in [2.75, 3.05) is 6.54 Å². The highest BCUT2D eigenvalue weighted by Gasteiger charge is 2.38. The van der Waals surface area contributed by atoms with Crippen LogP contribution < -0.4 is 10.9 Å². The number of rotatable bonds is 4. The summed E-state index contributed by atoms with van der Waals surface area (Å²) in [6, 6.07) is 1.99. The average molecular weight is 355 g/mol. The quantitative estimate of drug-likeness (QED) is 0.917. The molecule has 0 spiro atoms. The molecule has 1 aromatic heterocycles. The van der Waals surface area contributed by atoms with Gasteiger partial charge in [-0.15, -0.1) is 0 Å². The molecule has 0 unspecified atom stereocenters. The van der Waals surface area contributed by atoms with Crippen LogP contribution in [-0.2, 0) is 11.0 Å². The summed E-state index contributed by atoms with van der Waals surface area (Å²) >= 11 is 0. The lowest BCUT2D eigenvalue weighted by Crippen LogP contribution is -2.39. The number of alkyl halides is 3. The molecule has 136 valence electrons. The Morgan fingerprint density at radius 1 is 1.28 bits per heavy atom. The minimum Gasteiger partial charge on any atom is -0.354 e. The fraction of sp³-hybridized carbons (Fsp3) is 0.471. The summed E-state index contributed by atoms with van der Waals surface area (Å²) in [5.41, 5.74) is -1.05. The van der Waals surface area contributed by atoms with E-state index in [1.807, 2.05) is 6.92 Å². The fourth-order valence-electron chi connectivity index (χ4n) is 2.54. The van der Waals surface area contributed by atoms with Gasteiger partial charge in [0.1, 0.15) is 6.04 Å². The Balaban J connectivity index is 2.79. The second-order valence-corrected chi connectivity index (χ2v) is 6.03. The molecule has 1 N–H and O–H groups in total. The van der Waals surface area contributed by atoms with Crippen LogP contribution in [0.15, 0.2) is 16.9 Å². The average Bonchev–Trinajstić information content (AvgIpc) is 2.52. The van der Waals surface area contributed by atoms with Gasteiger partial charge in [0.25, 0.3) is 5.56 Å². The summed E-state index contributed by atoms with van der Waals surface area (Å²) in [5.74, 6) is -0.511. The van der Waals surface area contributed by atoms with Crippen LogP contribution in [0.2, 0.25) is 0 Å². The van der Waals surface area contributed by atoms with Crippen LogP contribution in [-0.4, -0.2) is 22.0 Å². The lowest BCUT2D eigenvalue weighted by atomic mass is 10.1. The second kappa shape index (κ2) is 6.85. The third-order valence-electron chi connectivity index (χ3n) is 4.09. The van der Waals surface area contributed by atoms with Crippen molar-refractivity contribution in [1.82, 2.24) is 14.9 Å². The first-order chi connectivity index (χ1) is 11.6. The van der Waals surface area contributed by atoms with Crippen molar-refractivity contribution in [2.45, 2.75) is 46.3 Å². The molecule has 1 amide bonds. The number of fused-ring (bicyclic) bond motifs is 1. The van der Waals surface area contributed by atoms with Crippen molar-refractivity contribution >= 4 is 16.9 Å². The van der Waals surface area contributed by atoms with Crippen LogP contribution in [0.5, 0.6) is 0 Å². The van der Waals surface area contributed by atoms with Gasteiger partial charge in [-0.25, -0.2) is 4.98 Å². The monoisotopic (exact) mass is 355 g/mol. The number of aryl methyl sites for hydroxylation is 2. The molecule has 1 atom stereocenters. The molecular weight excluding hydrogens is 335 g/mol. The number of amides is 1. The second-order valence-electron chi connectivity index (χ2n) is 6.03. The highest BCUT2D eigenvalue weighted by atomic mass is 19.4. The zero-order valence-corrected chi connectivity index (χ0v) is 14.5. The number of carbonyl (C=O) groups is 1. The predicted molar refractivity (Wildman–Crippen MR) is 88.5 cm³/mol. The number of nitrogens with one attached hydrogen (secondary N) is 1. The van der Waals surface area contributed by atoms with Crippen LogP contribution in [0.3, 0.4) is 0 Å². The Kier molecular flexibility index (Phi) is 5.20. The Labute approximate surface area is 142 Å². The van der Waals surface area contributed by atoms with Gasteiger partial charge in [-0.05, 0) is 50.5 Å². The minimum absolute atomic E-state index is 0.0326. The summed E-state index contributed by atoms with van der Waals surface area (Å²) in [6.45, 7) is 7.17. The van der Waals surface area contributed by atoms with Gasteiger partial charge >= 0.3 is 6.18 Å². The van der Waals surface area contributed by atoms with Crippen LogP contribution in [0.1, 0.15) is 43.1 Å². The molecule has 1 heterocycles. The third-order valence-corrected chi connectivity index (χ3v) is 4.09. The molecule has 1 aromatic carbocycles. The van der Waals surface area contributed by atoms with Gasteiger partial charge in [0.05, 0.1) is 11.0 Å². The van der Waals surface area contributed by atoms with Gasteiger partial charge in [0, 0.05) is 6.54 Å². The Morgan fingerprint density at radius 2 is 1.88 bits per heavy atom. The molecular formula is C17H20F3N3O2. The standard InChI is InChI=1S/C17H20F3N3O2/c1-5-6-21-15(24)11(4)23-13-8-10(3)9(2)7-12(13)22-14(16(23)25)17(18,19)20/h7-8,11H,5-6H2,1-4H3,(H,21,24)/t11-/m1/s1. The summed E-state index contributed by atoms with van der Waals surface area (Å²) in [6.07, 6.45) is -4.22. The summed E-state index contributed by atoms with van der Waals surface area (Å²) in [7, 11) is 0. The van der Waals surface area contributed by atoms with E-state index >= 15 is 0 Å². The number of carbonyl (C=O) groups excluding carboxylic acids is 1. The van der Waals surface area contributed by atoms with Crippen LogP contribution in [0, 0.1) is 13.8 Å². The lowest BCUT2D eigenvalue weighted by Gasteiger charge is -2.20. The van der Waals surface area contributed by atoms with E-state index in [-0.39, 0.29) is 11.0 Å². The topological polar surface area (TPSA) is 64.0 Å². The third kappa shape index (κ3) is 3.67. The van der Waals surface area contributed by atoms with E-state index in [1.54, 1.807) is 19.9 Å². The molecule has 0 radical (unpaired) electrons. The molecule has 0 bridgehead atoms. The molecule has 8 heteroatoms. The molecule has 0 fully saturated rings. The van der Waals surface area contributed by atoms with Gasteiger partial charge in [0.15, 0.2) is 0 Å². The highest BCUT2D eigenvalue weighted by Crippen LogP contribution is 2.28. The number of hydrogen-bond acceptors (Lipinski definition) is 3. The molecule has 2 rings (SSSR count). The largest absolute Gasteiger partial charge is 0.438 e. The van der Waals surface area contributed by atoms with Crippen molar-refractivity contribution < 1.29 is 18.0 Å². The zero-order valence-electron chi connectivity index (χ0n) is 14.5. The molecule has 0 saturated carbocycles. The van der Waals surface area contributed by atoms with Crippen LogP contribution in [0.4, 0.5) is 13.2 Å². The van der Waals surface area contributed by atoms with Gasteiger partial charge in [-0.1, -0.05) is 6.92 Å². The molecule has 0 aliphatic rings. The van der Waals surface area contributed by atoms with Gasteiger partial charge in [-0.2, -0.15) is 13.2 Å². The van der Waals surface area contributed by atoms with E-state index < -0.39 is 29.4 Å². The number of benzene rings is 1. The van der Waals surface area contributed by atoms with Crippen molar-refractivity contribution in [3.05, 3.63) is 39.3 Å². The van der Waals surface area contributed by atoms with E-state index in [1.165, 1.54) is 13.0 Å².